The van der Waals surface area contributed by atoms with E-state index in [1.807, 2.05) is 6.26 Å². The number of nitrogens with two attached hydrogens (primary N) is 1. The van der Waals surface area contributed by atoms with Gasteiger partial charge < -0.3 is 20.2 Å². The van der Waals surface area contributed by atoms with Gasteiger partial charge in [0, 0.05) is 48.4 Å². The lowest BCUT2D eigenvalue weighted by Gasteiger charge is -2.70. The van der Waals surface area contributed by atoms with Crippen molar-refractivity contribution in [3.8, 4) is 0 Å². The molecule has 4 fully saturated rings. The predicted molar refractivity (Wildman–Crippen MR) is 194 cm³/mol. The maximum Gasteiger partial charge on any atom is 0.306 e. The number of allylic oxidation sites excluding steroid dienone is 2. The van der Waals surface area contributed by atoms with E-state index in [1.165, 1.54) is 35.2 Å². The molecule has 5 aliphatic carbocycles. The van der Waals surface area contributed by atoms with Gasteiger partial charge in [0.05, 0.1) is 18.7 Å². The molecule has 4 N–H and O–H groups in total. The highest BCUT2D eigenvalue weighted by Crippen LogP contribution is 2.76. The van der Waals surface area contributed by atoms with Gasteiger partial charge in [-0.15, -0.1) is 0 Å². The molecule has 0 amide bonds. The fourth-order valence-electron chi connectivity index (χ4n) is 13.6. The Hall–Kier alpha value is -2.58. The summed E-state index contributed by atoms with van der Waals surface area (Å²) in [6.45, 7) is 22.4. The minimum atomic E-state index is -0.599. The first kappa shape index (κ1) is 33.6. The standard InChI is InChI=1S/C41H61N5O3/c1-37(2)20-27-24(28(21-37)36(47)48)9-12-41(7)33(27)26(25-11-18-49-30(25)23-46-16-14-45(8)15-17-46)19-32-39(5)22-29-34(43-44-35(29)42)38(3,4)31(39)10-13-40(32,41)6/h11,18,24,27-28,31-32H,9-10,12-17,19-23H2,1-8H3,(H,47,48)(H3,42,43,44)/t24?,27?,28-,31?,32?,39?,40?,41?/m1/s1. The molecule has 7 unspecified atom stereocenters. The number of aromatic nitrogens is 2. The van der Waals surface area contributed by atoms with Crippen molar-refractivity contribution in [3.63, 3.8) is 0 Å². The van der Waals surface area contributed by atoms with Gasteiger partial charge in [0.1, 0.15) is 11.6 Å². The summed E-state index contributed by atoms with van der Waals surface area (Å²) in [4.78, 5) is 17.9. The molecule has 8 nitrogen and oxygen atoms in total. The Labute approximate surface area is 293 Å². The van der Waals surface area contributed by atoms with Gasteiger partial charge in [0.15, 0.2) is 0 Å². The van der Waals surface area contributed by atoms with E-state index < -0.39 is 5.97 Å². The molecule has 6 aliphatic rings. The summed E-state index contributed by atoms with van der Waals surface area (Å²) < 4.78 is 6.46. The fraction of sp³-hybridized carbons (Fsp3) is 0.756. The molecule has 2 aromatic heterocycles. The predicted octanol–water partition coefficient (Wildman–Crippen LogP) is 7.62. The molecule has 1 saturated heterocycles. The second kappa shape index (κ2) is 11.0. The number of carboxylic acids is 1. The van der Waals surface area contributed by atoms with Gasteiger partial charge in [-0.1, -0.05) is 54.0 Å². The number of likely N-dealkylation sites (N-methyl/N-ethyl adjacent to an activating group) is 1. The number of hydrogen-bond donors (Lipinski definition) is 3. The van der Waals surface area contributed by atoms with Crippen molar-refractivity contribution < 1.29 is 14.3 Å². The Balaban J connectivity index is 1.31. The molecular formula is C41H61N5O3. The third kappa shape index (κ3) is 4.74. The van der Waals surface area contributed by atoms with E-state index in [-0.39, 0.29) is 44.8 Å². The lowest BCUT2D eigenvalue weighted by Crippen LogP contribution is -2.64. The van der Waals surface area contributed by atoms with Gasteiger partial charge in [-0.05, 0) is 115 Å². The monoisotopic (exact) mass is 671 g/mol. The summed E-state index contributed by atoms with van der Waals surface area (Å²) in [5.74, 6) is 2.28. The number of anilines is 1. The second-order valence-electron chi connectivity index (χ2n) is 19.5. The number of carboxylic acid groups (broad SMARTS) is 1. The zero-order chi connectivity index (χ0) is 34.9. The van der Waals surface area contributed by atoms with Crippen molar-refractivity contribution in [3.05, 3.63) is 40.5 Å². The first-order valence-corrected chi connectivity index (χ1v) is 19.3. The Bertz CT molecular complexity index is 1680. The first-order valence-electron chi connectivity index (χ1n) is 19.3. The summed E-state index contributed by atoms with van der Waals surface area (Å²) >= 11 is 0. The number of aromatic amines is 1. The molecule has 8 atom stereocenters. The second-order valence-corrected chi connectivity index (χ2v) is 19.5. The van der Waals surface area contributed by atoms with Crippen LogP contribution in [-0.4, -0.2) is 64.3 Å². The third-order valence-electron chi connectivity index (χ3n) is 16.2. The average molecular weight is 672 g/mol. The number of rotatable bonds is 4. The number of piperazine rings is 1. The number of nitrogen functional groups attached to an aromatic ring is 1. The van der Waals surface area contributed by atoms with E-state index in [9.17, 15) is 9.90 Å². The largest absolute Gasteiger partial charge is 0.481 e. The molecule has 0 aromatic carbocycles. The van der Waals surface area contributed by atoms with Crippen LogP contribution in [0.3, 0.4) is 0 Å². The topological polar surface area (TPSA) is 112 Å². The minimum absolute atomic E-state index is 0.0242. The van der Waals surface area contributed by atoms with Crippen molar-refractivity contribution in [1.82, 2.24) is 20.0 Å². The smallest absolute Gasteiger partial charge is 0.306 e. The Morgan fingerprint density at radius 2 is 1.78 bits per heavy atom. The number of nitrogens with zero attached hydrogens (tertiary/aromatic N) is 3. The molecule has 8 rings (SSSR count). The summed E-state index contributed by atoms with van der Waals surface area (Å²) in [6.07, 6.45) is 10.2. The zero-order valence-electron chi connectivity index (χ0n) is 31.4. The molecule has 1 aliphatic heterocycles. The van der Waals surface area contributed by atoms with E-state index in [4.69, 9.17) is 10.2 Å². The van der Waals surface area contributed by atoms with Crippen LogP contribution in [0.5, 0.6) is 0 Å². The normalized spacial score (nSPS) is 40.1. The number of fused-ring (bicyclic) bond motifs is 8. The number of aliphatic carboxylic acids is 1. The van der Waals surface area contributed by atoms with E-state index in [1.54, 1.807) is 5.57 Å². The maximum absolute atomic E-state index is 12.9. The highest BCUT2D eigenvalue weighted by molar-refractivity contribution is 5.75. The maximum atomic E-state index is 12.9. The lowest BCUT2D eigenvalue weighted by atomic mass is 9.33. The summed E-state index contributed by atoms with van der Waals surface area (Å²) in [7, 11) is 2.21. The number of nitrogens with one attached hydrogen (secondary N) is 1. The van der Waals surface area contributed by atoms with E-state index in [2.05, 4.69) is 81.6 Å². The number of H-pyrrole nitrogens is 1. The molecule has 3 saturated carbocycles. The van der Waals surface area contributed by atoms with Crippen LogP contribution in [0.25, 0.3) is 5.57 Å². The van der Waals surface area contributed by atoms with Crippen molar-refractivity contribution in [2.45, 2.75) is 112 Å². The zero-order valence-corrected chi connectivity index (χ0v) is 31.4. The Kier molecular flexibility index (Phi) is 7.51. The van der Waals surface area contributed by atoms with Crippen LogP contribution in [0.1, 0.15) is 116 Å². The van der Waals surface area contributed by atoms with Crippen LogP contribution in [-0.2, 0) is 23.2 Å². The fourth-order valence-corrected chi connectivity index (χ4v) is 13.6. The number of furan rings is 1. The Morgan fingerprint density at radius 1 is 1.04 bits per heavy atom. The highest BCUT2D eigenvalue weighted by Gasteiger charge is 2.68. The summed E-state index contributed by atoms with van der Waals surface area (Å²) in [6, 6.07) is 2.27. The van der Waals surface area contributed by atoms with Crippen LogP contribution in [0.15, 0.2) is 22.3 Å². The Morgan fingerprint density at radius 3 is 2.49 bits per heavy atom. The molecule has 268 valence electrons. The molecule has 0 radical (unpaired) electrons. The molecule has 3 heterocycles. The number of hydrogen-bond acceptors (Lipinski definition) is 6. The minimum Gasteiger partial charge on any atom is -0.481 e. The quantitative estimate of drug-likeness (QED) is 0.307. The van der Waals surface area contributed by atoms with Gasteiger partial charge in [-0.3, -0.25) is 14.8 Å². The molecule has 49 heavy (non-hydrogen) atoms. The summed E-state index contributed by atoms with van der Waals surface area (Å²) in [5.41, 5.74) is 13.5. The van der Waals surface area contributed by atoms with Crippen LogP contribution in [0.2, 0.25) is 0 Å². The van der Waals surface area contributed by atoms with Gasteiger partial charge in [-0.25, -0.2) is 0 Å². The molecule has 0 spiro atoms. The third-order valence-corrected chi connectivity index (χ3v) is 16.2. The molecule has 8 heteroatoms. The molecular weight excluding hydrogens is 610 g/mol. The van der Waals surface area contributed by atoms with Gasteiger partial charge in [0.25, 0.3) is 0 Å². The average Bonchev–Trinajstić information content (AvgIpc) is 3.63. The van der Waals surface area contributed by atoms with E-state index in [0.29, 0.717) is 17.7 Å². The lowest BCUT2D eigenvalue weighted by molar-refractivity contribution is -0.161. The van der Waals surface area contributed by atoms with Crippen LogP contribution < -0.4 is 5.73 Å². The van der Waals surface area contributed by atoms with E-state index >= 15 is 0 Å². The van der Waals surface area contributed by atoms with Crippen molar-refractivity contribution in [2.75, 3.05) is 39.0 Å². The first-order chi connectivity index (χ1) is 23.0. The van der Waals surface area contributed by atoms with Crippen LogP contribution >= 0.6 is 0 Å². The van der Waals surface area contributed by atoms with Gasteiger partial charge in [0.2, 0.25) is 0 Å². The summed E-state index contributed by atoms with van der Waals surface area (Å²) in [5, 5.41) is 18.6. The molecule has 0 bridgehead atoms. The number of carbonyl (C=O) groups is 1. The van der Waals surface area contributed by atoms with Crippen molar-refractivity contribution in [1.29, 1.82) is 0 Å². The van der Waals surface area contributed by atoms with Gasteiger partial charge in [-0.2, -0.15) is 5.10 Å². The van der Waals surface area contributed by atoms with Crippen LogP contribution in [0.4, 0.5) is 5.82 Å². The van der Waals surface area contributed by atoms with E-state index in [0.717, 1.165) is 77.0 Å². The van der Waals surface area contributed by atoms with Gasteiger partial charge >= 0.3 is 5.97 Å². The van der Waals surface area contributed by atoms with Crippen molar-refractivity contribution in [2.24, 2.45) is 51.2 Å². The SMILES string of the molecule is CN1CCN(Cc2occc2C2=C3C4CC(C)(C)C[C@@H](C(=O)O)C4CCC3(C)C3(C)CCC4C(C)(C)c5[nH]nc(N)c5CC4(C)C3C2)CC1. The molecule has 2 aromatic rings. The van der Waals surface area contributed by atoms with Crippen LogP contribution in [0, 0.1) is 51.2 Å². The van der Waals surface area contributed by atoms with Crippen molar-refractivity contribution >= 4 is 17.4 Å². The highest BCUT2D eigenvalue weighted by atomic mass is 16.4.